The molecule has 0 atom stereocenters. The number of hydrogen-bond acceptors (Lipinski definition) is 3. The van der Waals surface area contributed by atoms with E-state index in [0.717, 1.165) is 52.4 Å². The molecule has 4 rings (SSSR count). The Morgan fingerprint density at radius 1 is 1.00 bits per heavy atom. The number of H-pyrrole nitrogens is 1. The lowest BCUT2D eigenvalue weighted by atomic mass is 9.73. The van der Waals surface area contributed by atoms with Crippen molar-refractivity contribution in [3.05, 3.63) is 72.1 Å². The fourth-order valence-corrected chi connectivity index (χ4v) is 5.28. The van der Waals surface area contributed by atoms with E-state index < -0.39 is 24.0 Å². The number of unbranched alkanes of at least 4 members (excludes halogenated alkanes) is 2. The Bertz CT molecular complexity index is 1020. The molecule has 4 nitrogen and oxygen atoms in total. The Kier molecular flexibility index (Phi) is 6.60. The number of imidazole rings is 1. The predicted molar refractivity (Wildman–Crippen MR) is 120 cm³/mol. The summed E-state index contributed by atoms with van der Waals surface area (Å²) in [7, 11) is 0. The number of nitrogens with zero attached hydrogens (tertiary/aromatic N) is 1. The number of aromatic amines is 1. The van der Waals surface area contributed by atoms with Crippen molar-refractivity contribution >= 4 is 17.7 Å². The molecule has 0 radical (unpaired) electrons. The molecule has 0 aliphatic heterocycles. The van der Waals surface area contributed by atoms with Gasteiger partial charge in [-0.25, -0.2) is 4.98 Å². The average Bonchev–Trinajstić information content (AvgIpc) is 3.40. The SMILES string of the molecule is O=C(NCC(F)(F)F)C1(CCCCCSc2ncc[nH]2)c2ccccc2-c2ccccc21. The Morgan fingerprint density at radius 2 is 1.66 bits per heavy atom. The second kappa shape index (κ2) is 9.40. The molecule has 3 aromatic rings. The molecule has 1 amide bonds. The molecule has 2 N–H and O–H groups in total. The zero-order chi connectivity index (χ0) is 22.6. The summed E-state index contributed by atoms with van der Waals surface area (Å²) < 4.78 is 38.7. The van der Waals surface area contributed by atoms with Gasteiger partial charge in [-0.1, -0.05) is 73.1 Å². The number of fused-ring (bicyclic) bond motifs is 3. The van der Waals surface area contributed by atoms with Crippen LogP contribution in [0.3, 0.4) is 0 Å². The van der Waals surface area contributed by atoms with Gasteiger partial charge in [0.15, 0.2) is 5.16 Å². The van der Waals surface area contributed by atoms with Crippen LogP contribution in [-0.4, -0.2) is 34.3 Å². The number of rotatable bonds is 9. The quantitative estimate of drug-likeness (QED) is 0.318. The van der Waals surface area contributed by atoms with Crippen LogP contribution in [0.5, 0.6) is 0 Å². The summed E-state index contributed by atoms with van der Waals surface area (Å²) in [6.07, 6.45) is 2.00. The van der Waals surface area contributed by atoms with Crippen molar-refractivity contribution in [1.82, 2.24) is 15.3 Å². The van der Waals surface area contributed by atoms with Crippen LogP contribution < -0.4 is 5.32 Å². The van der Waals surface area contributed by atoms with Gasteiger partial charge in [0.05, 0.1) is 0 Å². The molecule has 0 saturated heterocycles. The number of halogens is 3. The second-order valence-corrected chi connectivity index (χ2v) is 8.93. The van der Waals surface area contributed by atoms with Gasteiger partial charge in [-0.05, 0) is 35.1 Å². The van der Waals surface area contributed by atoms with Gasteiger partial charge in [0.2, 0.25) is 5.91 Å². The highest BCUT2D eigenvalue weighted by Gasteiger charge is 2.49. The highest BCUT2D eigenvalue weighted by molar-refractivity contribution is 7.99. The molecular formula is C24H24F3N3OS. The fraction of sp³-hybridized carbons (Fsp3) is 0.333. The maximum Gasteiger partial charge on any atom is 0.405 e. The number of thioether (sulfide) groups is 1. The van der Waals surface area contributed by atoms with E-state index in [2.05, 4.69) is 15.3 Å². The number of amides is 1. The highest BCUT2D eigenvalue weighted by atomic mass is 32.2. The van der Waals surface area contributed by atoms with Gasteiger partial charge in [-0.2, -0.15) is 13.2 Å². The summed E-state index contributed by atoms with van der Waals surface area (Å²) >= 11 is 1.63. The monoisotopic (exact) mass is 459 g/mol. The zero-order valence-corrected chi connectivity index (χ0v) is 18.2. The van der Waals surface area contributed by atoms with Gasteiger partial charge in [0.1, 0.15) is 12.0 Å². The smallest absolute Gasteiger partial charge is 0.346 e. The summed E-state index contributed by atoms with van der Waals surface area (Å²) in [6.45, 7) is -1.34. The van der Waals surface area contributed by atoms with Crippen LogP contribution in [0, 0.1) is 0 Å². The molecular weight excluding hydrogens is 435 g/mol. The van der Waals surface area contributed by atoms with Crippen molar-refractivity contribution in [2.75, 3.05) is 12.3 Å². The van der Waals surface area contributed by atoms with E-state index in [1.165, 1.54) is 0 Å². The molecule has 32 heavy (non-hydrogen) atoms. The lowest BCUT2D eigenvalue weighted by Gasteiger charge is -2.31. The molecule has 2 aromatic carbocycles. The van der Waals surface area contributed by atoms with Crippen LogP contribution in [0.15, 0.2) is 66.1 Å². The molecule has 0 unspecified atom stereocenters. The van der Waals surface area contributed by atoms with Crippen molar-refractivity contribution in [1.29, 1.82) is 0 Å². The summed E-state index contributed by atoms with van der Waals surface area (Å²) in [4.78, 5) is 20.6. The number of carbonyl (C=O) groups excluding carboxylic acids is 1. The maximum absolute atomic E-state index is 13.4. The Hall–Kier alpha value is -2.74. The first kappa shape index (κ1) is 22.5. The molecule has 1 aliphatic rings. The van der Waals surface area contributed by atoms with Crippen LogP contribution in [0.4, 0.5) is 13.2 Å². The fourth-order valence-electron chi connectivity index (χ4n) is 4.45. The third kappa shape index (κ3) is 4.55. The first-order chi connectivity index (χ1) is 15.4. The Labute approximate surface area is 189 Å². The minimum Gasteiger partial charge on any atom is -0.346 e. The largest absolute Gasteiger partial charge is 0.405 e. The van der Waals surface area contributed by atoms with Gasteiger partial charge < -0.3 is 10.3 Å². The normalized spacial score (nSPS) is 14.1. The lowest BCUT2D eigenvalue weighted by Crippen LogP contribution is -2.47. The average molecular weight is 460 g/mol. The van der Waals surface area contributed by atoms with Gasteiger partial charge >= 0.3 is 6.18 Å². The minimum atomic E-state index is -4.46. The van der Waals surface area contributed by atoms with Crippen LogP contribution in [-0.2, 0) is 10.2 Å². The van der Waals surface area contributed by atoms with E-state index in [9.17, 15) is 18.0 Å². The molecule has 0 fully saturated rings. The third-order valence-corrected chi connectivity index (χ3v) is 6.80. The van der Waals surface area contributed by atoms with Gasteiger partial charge in [-0.15, -0.1) is 0 Å². The van der Waals surface area contributed by atoms with Crippen molar-refractivity contribution in [3.63, 3.8) is 0 Å². The minimum absolute atomic E-state index is 0.454. The summed E-state index contributed by atoms with van der Waals surface area (Å²) in [5.74, 6) is 0.297. The summed E-state index contributed by atoms with van der Waals surface area (Å²) in [5, 5.41) is 3.04. The van der Waals surface area contributed by atoms with Crippen molar-refractivity contribution in [3.8, 4) is 11.1 Å². The number of carbonyl (C=O) groups is 1. The van der Waals surface area contributed by atoms with E-state index in [1.807, 2.05) is 48.5 Å². The highest BCUT2D eigenvalue weighted by Crippen LogP contribution is 2.51. The second-order valence-electron chi connectivity index (χ2n) is 7.85. The molecule has 8 heteroatoms. The van der Waals surface area contributed by atoms with Crippen LogP contribution in [0.1, 0.15) is 36.8 Å². The van der Waals surface area contributed by atoms with E-state index in [0.29, 0.717) is 6.42 Å². The number of benzene rings is 2. The van der Waals surface area contributed by atoms with Crippen LogP contribution in [0.2, 0.25) is 0 Å². The number of nitrogens with one attached hydrogen (secondary N) is 2. The van der Waals surface area contributed by atoms with E-state index in [-0.39, 0.29) is 0 Å². The van der Waals surface area contributed by atoms with E-state index in [1.54, 1.807) is 24.2 Å². The molecule has 0 spiro atoms. The molecule has 1 aromatic heterocycles. The van der Waals surface area contributed by atoms with E-state index >= 15 is 0 Å². The third-order valence-electron chi connectivity index (χ3n) is 5.81. The number of alkyl halides is 3. The first-order valence-corrected chi connectivity index (χ1v) is 11.6. The lowest BCUT2D eigenvalue weighted by molar-refractivity contribution is -0.141. The van der Waals surface area contributed by atoms with Gasteiger partial charge in [0, 0.05) is 18.1 Å². The number of aromatic nitrogens is 2. The van der Waals surface area contributed by atoms with Gasteiger partial charge in [0.25, 0.3) is 0 Å². The summed E-state index contributed by atoms with van der Waals surface area (Å²) in [6, 6.07) is 15.1. The molecule has 1 aliphatic carbocycles. The van der Waals surface area contributed by atoms with Crippen molar-refractivity contribution in [2.45, 2.75) is 42.4 Å². The first-order valence-electron chi connectivity index (χ1n) is 10.6. The molecule has 1 heterocycles. The Balaban J connectivity index is 1.55. The predicted octanol–water partition coefficient (Wildman–Crippen LogP) is 5.71. The molecule has 0 saturated carbocycles. The van der Waals surface area contributed by atoms with Crippen LogP contribution >= 0.6 is 11.8 Å². The van der Waals surface area contributed by atoms with Crippen molar-refractivity contribution in [2.24, 2.45) is 0 Å². The van der Waals surface area contributed by atoms with Crippen molar-refractivity contribution < 1.29 is 18.0 Å². The zero-order valence-electron chi connectivity index (χ0n) is 17.4. The summed E-state index contributed by atoms with van der Waals surface area (Å²) in [5.41, 5.74) is 2.28. The van der Waals surface area contributed by atoms with E-state index in [4.69, 9.17) is 0 Å². The van der Waals surface area contributed by atoms with Gasteiger partial charge in [-0.3, -0.25) is 4.79 Å². The van der Waals surface area contributed by atoms with Crippen LogP contribution in [0.25, 0.3) is 11.1 Å². The molecule has 168 valence electrons. The number of hydrogen-bond donors (Lipinski definition) is 2. The topological polar surface area (TPSA) is 57.8 Å². The Morgan fingerprint density at radius 3 is 2.25 bits per heavy atom. The molecule has 0 bridgehead atoms. The maximum atomic E-state index is 13.4. The standard InChI is InChI=1S/C24H24F3N3OS/c25-24(26,27)16-30-21(31)23(12-6-1-7-15-32-22-28-13-14-29-22)19-10-4-2-8-17(19)18-9-3-5-11-20(18)23/h2-5,8-11,13-14H,1,6-7,12,15-16H2,(H,28,29)(H,30,31).